The molecule has 1 atom stereocenters. The first-order valence-electron chi connectivity index (χ1n) is 5.93. The van der Waals surface area contributed by atoms with E-state index >= 15 is 0 Å². The van der Waals surface area contributed by atoms with E-state index in [4.69, 9.17) is 16.3 Å². The highest BCUT2D eigenvalue weighted by Gasteiger charge is 2.26. The van der Waals surface area contributed by atoms with Crippen molar-refractivity contribution in [3.63, 3.8) is 0 Å². The fourth-order valence-electron chi connectivity index (χ4n) is 2.45. The molecule has 1 aromatic carbocycles. The molecule has 0 amide bonds. The Hall–Kier alpha value is -0.0900. The third-order valence-corrected chi connectivity index (χ3v) is 4.68. The van der Waals surface area contributed by atoms with Crippen molar-refractivity contribution in [3.8, 4) is 0 Å². The van der Waals surface area contributed by atoms with Crippen molar-refractivity contribution in [1.82, 2.24) is 5.32 Å². The maximum atomic E-state index is 6.37. The maximum absolute atomic E-state index is 6.37. The van der Waals surface area contributed by atoms with Gasteiger partial charge in [-0.15, -0.1) is 0 Å². The lowest BCUT2D eigenvalue weighted by molar-refractivity contribution is 0.0546. The number of hydrogen-bond acceptors (Lipinski definition) is 2. The van der Waals surface area contributed by atoms with E-state index in [1.807, 2.05) is 19.2 Å². The third-order valence-electron chi connectivity index (χ3n) is 3.36. The zero-order chi connectivity index (χ0) is 12.3. The molecule has 1 unspecified atom stereocenters. The molecule has 1 aliphatic heterocycles. The van der Waals surface area contributed by atoms with Gasteiger partial charge in [0.05, 0.1) is 5.02 Å². The van der Waals surface area contributed by atoms with Crippen molar-refractivity contribution in [1.29, 1.82) is 0 Å². The summed E-state index contributed by atoms with van der Waals surface area (Å²) in [6, 6.07) is 6.42. The Bertz CT molecular complexity index is 380. The molecule has 2 rings (SSSR count). The Labute approximate surface area is 116 Å². The van der Waals surface area contributed by atoms with Gasteiger partial charge in [-0.25, -0.2) is 0 Å². The average Bonchev–Trinajstić information content (AvgIpc) is 2.37. The van der Waals surface area contributed by atoms with E-state index in [9.17, 15) is 0 Å². The van der Waals surface area contributed by atoms with E-state index in [2.05, 4.69) is 27.3 Å². The second-order valence-electron chi connectivity index (χ2n) is 4.36. The highest BCUT2D eigenvalue weighted by molar-refractivity contribution is 9.10. The van der Waals surface area contributed by atoms with Crippen LogP contribution in [0.2, 0.25) is 5.02 Å². The molecule has 1 heterocycles. The second-order valence-corrected chi connectivity index (χ2v) is 5.59. The average molecular weight is 319 g/mol. The second kappa shape index (κ2) is 6.19. The number of rotatable bonds is 3. The third kappa shape index (κ3) is 3.02. The molecule has 2 nitrogen and oxygen atoms in total. The molecule has 4 heteroatoms. The summed E-state index contributed by atoms with van der Waals surface area (Å²) in [4.78, 5) is 0. The highest BCUT2D eigenvalue weighted by atomic mass is 79.9. The molecule has 1 saturated heterocycles. The van der Waals surface area contributed by atoms with Crippen molar-refractivity contribution in [2.45, 2.75) is 18.9 Å². The molecule has 1 fully saturated rings. The van der Waals surface area contributed by atoms with Gasteiger partial charge in [-0.05, 0) is 53.4 Å². The molecular weight excluding hydrogens is 302 g/mol. The lowest BCUT2D eigenvalue weighted by Gasteiger charge is -2.31. The predicted molar refractivity (Wildman–Crippen MR) is 74.5 cm³/mol. The van der Waals surface area contributed by atoms with Crippen LogP contribution < -0.4 is 5.32 Å². The van der Waals surface area contributed by atoms with Crippen molar-refractivity contribution in [2.24, 2.45) is 5.92 Å². The molecule has 1 aliphatic rings. The van der Waals surface area contributed by atoms with Crippen molar-refractivity contribution in [2.75, 3.05) is 20.3 Å². The Balaban J connectivity index is 2.24. The minimum absolute atomic E-state index is 0.309. The lowest BCUT2D eigenvalue weighted by atomic mass is 9.87. The van der Waals surface area contributed by atoms with Crippen molar-refractivity contribution >= 4 is 27.5 Å². The van der Waals surface area contributed by atoms with E-state index in [1.165, 1.54) is 5.56 Å². The fourth-order valence-corrected chi connectivity index (χ4v) is 3.08. The largest absolute Gasteiger partial charge is 0.381 e. The van der Waals surface area contributed by atoms with Gasteiger partial charge in [0.2, 0.25) is 0 Å². The van der Waals surface area contributed by atoms with Crippen LogP contribution in [0, 0.1) is 5.92 Å². The minimum atomic E-state index is 0.309. The van der Waals surface area contributed by atoms with Gasteiger partial charge in [-0.2, -0.15) is 0 Å². The molecule has 0 radical (unpaired) electrons. The summed E-state index contributed by atoms with van der Waals surface area (Å²) in [7, 11) is 2.00. The van der Waals surface area contributed by atoms with Gasteiger partial charge in [0.15, 0.2) is 0 Å². The molecule has 1 aromatic rings. The lowest BCUT2D eigenvalue weighted by Crippen LogP contribution is -2.30. The molecule has 17 heavy (non-hydrogen) atoms. The van der Waals surface area contributed by atoms with Gasteiger partial charge in [0, 0.05) is 23.7 Å². The quantitative estimate of drug-likeness (QED) is 0.915. The van der Waals surface area contributed by atoms with Crippen LogP contribution in [-0.4, -0.2) is 20.3 Å². The SMILES string of the molecule is CNC(c1cccc(Br)c1Cl)C1CCOCC1. The Kier molecular flexibility index (Phi) is 4.86. The summed E-state index contributed by atoms with van der Waals surface area (Å²) < 4.78 is 6.38. The first-order chi connectivity index (χ1) is 8.24. The molecule has 0 spiro atoms. The Morgan fingerprint density at radius 3 is 2.76 bits per heavy atom. The molecule has 0 aromatic heterocycles. The van der Waals surface area contributed by atoms with Gasteiger partial charge >= 0.3 is 0 Å². The number of hydrogen-bond donors (Lipinski definition) is 1. The van der Waals surface area contributed by atoms with Crippen molar-refractivity contribution < 1.29 is 4.74 Å². The number of halogens is 2. The Morgan fingerprint density at radius 1 is 1.41 bits per heavy atom. The smallest absolute Gasteiger partial charge is 0.0595 e. The normalized spacial score (nSPS) is 19.2. The van der Waals surface area contributed by atoms with Crippen LogP contribution in [0.3, 0.4) is 0 Å². The topological polar surface area (TPSA) is 21.3 Å². The molecule has 0 saturated carbocycles. The summed E-state index contributed by atoms with van der Waals surface area (Å²) in [6.45, 7) is 1.71. The predicted octanol–water partition coefficient (Wildman–Crippen LogP) is 3.79. The van der Waals surface area contributed by atoms with E-state index in [1.54, 1.807) is 0 Å². The van der Waals surface area contributed by atoms with Crippen LogP contribution in [0.1, 0.15) is 24.4 Å². The van der Waals surface area contributed by atoms with Crippen LogP contribution in [0.25, 0.3) is 0 Å². The van der Waals surface area contributed by atoms with E-state index in [0.29, 0.717) is 12.0 Å². The number of ether oxygens (including phenoxy) is 1. The standard InChI is InChI=1S/C13H17BrClNO/c1-16-13(9-5-7-17-8-6-9)10-3-2-4-11(14)12(10)15/h2-4,9,13,16H,5-8H2,1H3. The van der Waals surface area contributed by atoms with Gasteiger partial charge in [0.25, 0.3) is 0 Å². The summed E-state index contributed by atoms with van der Waals surface area (Å²) in [5, 5.41) is 4.21. The number of benzene rings is 1. The zero-order valence-corrected chi connectivity index (χ0v) is 12.2. The molecule has 0 aliphatic carbocycles. The first kappa shape index (κ1) is 13.3. The molecule has 0 bridgehead atoms. The zero-order valence-electron chi connectivity index (χ0n) is 9.88. The van der Waals surface area contributed by atoms with Gasteiger partial charge in [-0.3, -0.25) is 0 Å². The first-order valence-corrected chi connectivity index (χ1v) is 7.10. The minimum Gasteiger partial charge on any atom is -0.381 e. The molecular formula is C13H17BrClNO. The van der Waals surface area contributed by atoms with Gasteiger partial charge < -0.3 is 10.1 Å². The summed E-state index contributed by atoms with van der Waals surface area (Å²) in [5.74, 6) is 0.598. The highest BCUT2D eigenvalue weighted by Crippen LogP contribution is 2.36. The summed E-state index contributed by atoms with van der Waals surface area (Å²) in [6.07, 6.45) is 2.18. The maximum Gasteiger partial charge on any atom is 0.0595 e. The van der Waals surface area contributed by atoms with Crippen LogP contribution in [0.4, 0.5) is 0 Å². The molecule has 1 N–H and O–H groups in total. The van der Waals surface area contributed by atoms with E-state index < -0.39 is 0 Å². The van der Waals surface area contributed by atoms with Crippen LogP contribution in [0.5, 0.6) is 0 Å². The molecule has 94 valence electrons. The van der Waals surface area contributed by atoms with Gasteiger partial charge in [0.1, 0.15) is 0 Å². The van der Waals surface area contributed by atoms with Gasteiger partial charge in [-0.1, -0.05) is 23.7 Å². The van der Waals surface area contributed by atoms with Crippen LogP contribution >= 0.6 is 27.5 Å². The van der Waals surface area contributed by atoms with Crippen LogP contribution in [-0.2, 0) is 4.74 Å². The summed E-state index contributed by atoms with van der Waals surface area (Å²) in [5.41, 5.74) is 1.18. The monoisotopic (exact) mass is 317 g/mol. The summed E-state index contributed by atoms with van der Waals surface area (Å²) >= 11 is 9.85. The van der Waals surface area contributed by atoms with E-state index in [-0.39, 0.29) is 0 Å². The Morgan fingerprint density at radius 2 is 2.12 bits per heavy atom. The number of nitrogens with one attached hydrogen (secondary N) is 1. The van der Waals surface area contributed by atoms with E-state index in [0.717, 1.165) is 35.6 Å². The van der Waals surface area contributed by atoms with Crippen molar-refractivity contribution in [3.05, 3.63) is 33.3 Å². The fraction of sp³-hybridized carbons (Fsp3) is 0.538. The van der Waals surface area contributed by atoms with Crippen LogP contribution in [0.15, 0.2) is 22.7 Å².